The average Bonchev–Trinajstić information content (AvgIpc) is 2.37. The number of aryl methyl sites for hydroxylation is 1. The van der Waals surface area contributed by atoms with Crippen LogP contribution in [0.25, 0.3) is 0 Å². The number of nitrogens with zero attached hydrogens (tertiary/aromatic N) is 3. The largest absolute Gasteiger partial charge is 0.382 e. The van der Waals surface area contributed by atoms with Crippen LogP contribution in [-0.4, -0.2) is 34.6 Å². The zero-order chi connectivity index (χ0) is 14.3. The summed E-state index contributed by atoms with van der Waals surface area (Å²) in [6.45, 7) is 5.54. The summed E-state index contributed by atoms with van der Waals surface area (Å²) < 4.78 is 5.19. The second-order valence-electron chi connectivity index (χ2n) is 3.72. The van der Waals surface area contributed by atoms with Crippen molar-refractivity contribution in [1.29, 1.82) is 0 Å². The average molecular weight is 289 g/mol. The van der Waals surface area contributed by atoms with E-state index in [1.165, 1.54) is 0 Å². The number of hydrogen-bond donors (Lipinski definition) is 1. The van der Waals surface area contributed by atoms with E-state index in [-0.39, 0.29) is 16.7 Å². The van der Waals surface area contributed by atoms with Crippen molar-refractivity contribution in [3.05, 3.63) is 21.1 Å². The minimum atomic E-state index is -0.577. The van der Waals surface area contributed by atoms with Crippen molar-refractivity contribution < 1.29 is 9.66 Å². The van der Waals surface area contributed by atoms with Gasteiger partial charge in [-0.2, -0.15) is 0 Å². The summed E-state index contributed by atoms with van der Waals surface area (Å²) in [5.74, 6) is 0.640. The Bertz CT molecular complexity index is 442. The van der Waals surface area contributed by atoms with Gasteiger partial charge in [0.25, 0.3) is 0 Å². The molecule has 19 heavy (non-hydrogen) atoms. The number of nitrogens with one attached hydrogen (secondary N) is 1. The molecule has 0 fully saturated rings. The fraction of sp³-hybridized carbons (Fsp3) is 0.636. The van der Waals surface area contributed by atoms with Gasteiger partial charge >= 0.3 is 5.69 Å². The van der Waals surface area contributed by atoms with E-state index >= 15 is 0 Å². The molecular formula is C11H17ClN4O3. The molecule has 0 saturated heterocycles. The van der Waals surface area contributed by atoms with Crippen LogP contribution in [0.3, 0.4) is 0 Å². The summed E-state index contributed by atoms with van der Waals surface area (Å²) in [6, 6.07) is 0. The number of aromatic nitrogens is 2. The first-order valence-electron chi connectivity index (χ1n) is 6.12. The molecule has 1 N–H and O–H groups in total. The molecule has 0 bridgehead atoms. The fourth-order valence-electron chi connectivity index (χ4n) is 1.44. The topological polar surface area (TPSA) is 90.2 Å². The maximum absolute atomic E-state index is 11.0. The highest BCUT2D eigenvalue weighted by Gasteiger charge is 2.22. The van der Waals surface area contributed by atoms with Gasteiger partial charge in [-0.3, -0.25) is 10.1 Å². The molecular weight excluding hydrogens is 272 g/mol. The third kappa shape index (κ3) is 4.60. The molecule has 1 heterocycles. The summed E-state index contributed by atoms with van der Waals surface area (Å²) >= 11 is 5.81. The molecule has 0 unspecified atom stereocenters. The van der Waals surface area contributed by atoms with Crippen molar-refractivity contribution >= 4 is 23.1 Å². The number of hydrogen-bond acceptors (Lipinski definition) is 6. The molecule has 0 saturated carbocycles. The smallest absolute Gasteiger partial charge is 0.348 e. The van der Waals surface area contributed by atoms with Crippen LogP contribution in [0.15, 0.2) is 0 Å². The van der Waals surface area contributed by atoms with Crippen molar-refractivity contribution in [2.45, 2.75) is 26.7 Å². The highest BCUT2D eigenvalue weighted by atomic mass is 35.5. The van der Waals surface area contributed by atoms with Gasteiger partial charge in [0.15, 0.2) is 0 Å². The van der Waals surface area contributed by atoms with Gasteiger partial charge < -0.3 is 10.1 Å². The van der Waals surface area contributed by atoms with E-state index in [1.807, 2.05) is 13.8 Å². The van der Waals surface area contributed by atoms with Gasteiger partial charge in [0.2, 0.25) is 11.0 Å². The second kappa shape index (κ2) is 7.85. The normalized spacial score (nSPS) is 10.5. The lowest BCUT2D eigenvalue weighted by atomic mass is 10.4. The molecule has 8 heteroatoms. The summed E-state index contributed by atoms with van der Waals surface area (Å²) in [4.78, 5) is 18.4. The molecule has 0 aliphatic heterocycles. The second-order valence-corrected chi connectivity index (χ2v) is 4.07. The van der Waals surface area contributed by atoms with Crippen LogP contribution >= 0.6 is 11.6 Å². The number of anilines is 1. The first-order chi connectivity index (χ1) is 9.10. The third-order valence-electron chi connectivity index (χ3n) is 2.35. The van der Waals surface area contributed by atoms with Gasteiger partial charge in [-0.25, -0.2) is 9.97 Å². The van der Waals surface area contributed by atoms with E-state index in [0.717, 1.165) is 6.42 Å². The maximum Gasteiger partial charge on any atom is 0.348 e. The quantitative estimate of drug-likeness (QED) is 0.342. The van der Waals surface area contributed by atoms with Crippen molar-refractivity contribution in [1.82, 2.24) is 9.97 Å². The van der Waals surface area contributed by atoms with Crippen LogP contribution in [-0.2, 0) is 11.2 Å². The monoisotopic (exact) mass is 288 g/mol. The van der Waals surface area contributed by atoms with Crippen molar-refractivity contribution in [2.75, 3.05) is 25.1 Å². The van der Waals surface area contributed by atoms with Crippen LogP contribution < -0.4 is 5.32 Å². The van der Waals surface area contributed by atoms with Crippen molar-refractivity contribution in [3.63, 3.8) is 0 Å². The summed E-state index contributed by atoms with van der Waals surface area (Å²) in [5.41, 5.74) is -0.282. The Labute approximate surface area is 116 Å². The number of ether oxygens (including phenoxy) is 1. The minimum Gasteiger partial charge on any atom is -0.382 e. The van der Waals surface area contributed by atoms with Gasteiger partial charge in [-0.15, -0.1) is 0 Å². The highest BCUT2D eigenvalue weighted by molar-refractivity contribution is 6.31. The molecule has 1 aromatic heterocycles. The van der Waals surface area contributed by atoms with E-state index in [0.29, 0.717) is 32.0 Å². The first-order valence-corrected chi connectivity index (χ1v) is 6.50. The third-order valence-corrected chi connectivity index (χ3v) is 2.61. The molecule has 0 radical (unpaired) electrons. The number of nitro groups is 1. The standard InChI is InChI=1S/C11H17ClN4O3/c1-3-8-14-10(12)9(16(17)18)11(15-8)13-6-5-7-19-4-2/h3-7H2,1-2H3,(H,13,14,15). The molecule has 0 aliphatic rings. The van der Waals surface area contributed by atoms with Crippen molar-refractivity contribution in [2.24, 2.45) is 0 Å². The first kappa shape index (κ1) is 15.6. The lowest BCUT2D eigenvalue weighted by Crippen LogP contribution is -2.11. The minimum absolute atomic E-state index is 0.135. The zero-order valence-electron chi connectivity index (χ0n) is 11.0. The SMILES string of the molecule is CCOCCCNc1nc(CC)nc(Cl)c1[N+](=O)[O-]. The van der Waals surface area contributed by atoms with E-state index in [1.54, 1.807) is 0 Å². The lowest BCUT2D eigenvalue weighted by molar-refractivity contribution is -0.384. The summed E-state index contributed by atoms with van der Waals surface area (Å²) in [7, 11) is 0. The molecule has 0 aromatic carbocycles. The maximum atomic E-state index is 11.0. The van der Waals surface area contributed by atoms with Crippen LogP contribution in [0.5, 0.6) is 0 Å². The van der Waals surface area contributed by atoms with Crippen LogP contribution in [0.2, 0.25) is 5.15 Å². The fourth-order valence-corrected chi connectivity index (χ4v) is 1.70. The molecule has 106 valence electrons. The molecule has 1 rings (SSSR count). The van der Waals surface area contributed by atoms with Crippen molar-refractivity contribution in [3.8, 4) is 0 Å². The predicted octanol–water partition coefficient (Wildman–Crippen LogP) is 2.44. The Balaban J connectivity index is 2.78. The Morgan fingerprint density at radius 3 is 2.74 bits per heavy atom. The van der Waals surface area contributed by atoms with Gasteiger partial charge in [0.05, 0.1) is 4.92 Å². The van der Waals surface area contributed by atoms with E-state index < -0.39 is 4.92 Å². The van der Waals surface area contributed by atoms with Gasteiger partial charge in [0, 0.05) is 26.2 Å². The number of rotatable bonds is 8. The Morgan fingerprint density at radius 2 is 2.16 bits per heavy atom. The molecule has 0 spiro atoms. The van der Waals surface area contributed by atoms with Crippen LogP contribution in [0, 0.1) is 10.1 Å². The van der Waals surface area contributed by atoms with E-state index in [9.17, 15) is 10.1 Å². The van der Waals surface area contributed by atoms with Gasteiger partial charge in [0.1, 0.15) is 5.82 Å². The van der Waals surface area contributed by atoms with Gasteiger partial charge in [-0.1, -0.05) is 18.5 Å². The highest BCUT2D eigenvalue weighted by Crippen LogP contribution is 2.29. The Hall–Kier alpha value is -1.47. The van der Waals surface area contributed by atoms with Crippen LogP contribution in [0.1, 0.15) is 26.1 Å². The lowest BCUT2D eigenvalue weighted by Gasteiger charge is -2.08. The molecule has 0 atom stereocenters. The molecule has 0 aliphatic carbocycles. The summed E-state index contributed by atoms with van der Waals surface area (Å²) in [6.07, 6.45) is 1.29. The van der Waals surface area contributed by atoms with E-state index in [2.05, 4.69) is 15.3 Å². The van der Waals surface area contributed by atoms with Crippen LogP contribution in [0.4, 0.5) is 11.5 Å². The van der Waals surface area contributed by atoms with E-state index in [4.69, 9.17) is 16.3 Å². The van der Waals surface area contributed by atoms with Gasteiger partial charge in [-0.05, 0) is 13.3 Å². The Morgan fingerprint density at radius 1 is 1.42 bits per heavy atom. The molecule has 0 amide bonds. The number of halogens is 1. The predicted molar refractivity (Wildman–Crippen MR) is 72.7 cm³/mol. The Kier molecular flexibility index (Phi) is 6.44. The molecule has 7 nitrogen and oxygen atoms in total. The summed E-state index contributed by atoms with van der Waals surface area (Å²) in [5, 5.41) is 13.7. The molecule has 1 aromatic rings. The zero-order valence-corrected chi connectivity index (χ0v) is 11.7.